The van der Waals surface area contributed by atoms with E-state index in [0.29, 0.717) is 12.5 Å². The summed E-state index contributed by atoms with van der Waals surface area (Å²) in [6.45, 7) is 1.49. The van der Waals surface area contributed by atoms with E-state index in [1.54, 1.807) is 14.1 Å². The van der Waals surface area contributed by atoms with Gasteiger partial charge in [0.25, 0.3) is 0 Å². The third-order valence-corrected chi connectivity index (χ3v) is 4.69. The maximum absolute atomic E-state index is 11.8. The minimum atomic E-state index is -3.25. The summed E-state index contributed by atoms with van der Waals surface area (Å²) in [6.07, 6.45) is 4.03. The van der Waals surface area contributed by atoms with Gasteiger partial charge in [0.2, 0.25) is 10.0 Å². The summed E-state index contributed by atoms with van der Waals surface area (Å²) < 4.78 is 26.1. The lowest BCUT2D eigenvalue weighted by molar-refractivity contribution is 0.217. The molecular weight excluding hydrogens is 280 g/mol. The Hall–Kier alpha value is -0.860. The van der Waals surface area contributed by atoms with Crippen LogP contribution in [0, 0.1) is 0 Å². The van der Waals surface area contributed by atoms with Gasteiger partial charge in [0, 0.05) is 33.2 Å². The van der Waals surface area contributed by atoms with Crippen LogP contribution >= 0.6 is 0 Å². The quantitative estimate of drug-likeness (QED) is 0.564. The Labute approximate surface area is 121 Å². The van der Waals surface area contributed by atoms with Crippen molar-refractivity contribution in [2.24, 2.45) is 0 Å². The van der Waals surface area contributed by atoms with Crippen molar-refractivity contribution >= 4 is 16.1 Å². The van der Waals surface area contributed by atoms with Crippen molar-refractivity contribution in [2.75, 3.05) is 39.5 Å². The van der Waals surface area contributed by atoms with Crippen LogP contribution in [0.15, 0.2) is 0 Å². The van der Waals surface area contributed by atoms with E-state index in [2.05, 4.69) is 15.4 Å². The maximum Gasteiger partial charge on any atom is 0.316 e. The molecule has 8 heteroatoms. The minimum Gasteiger partial charge on any atom is -0.337 e. The van der Waals surface area contributed by atoms with E-state index in [-0.39, 0.29) is 24.9 Å². The van der Waals surface area contributed by atoms with Gasteiger partial charge in [0.1, 0.15) is 0 Å². The molecule has 1 fully saturated rings. The Morgan fingerprint density at radius 2 is 2.05 bits per heavy atom. The summed E-state index contributed by atoms with van der Waals surface area (Å²) in [7, 11) is 0.0171. The summed E-state index contributed by atoms with van der Waals surface area (Å²) in [5.41, 5.74) is 0. The maximum atomic E-state index is 11.8. The molecular formula is C12H26N4O3S. The van der Waals surface area contributed by atoms with E-state index < -0.39 is 10.0 Å². The number of amides is 2. The van der Waals surface area contributed by atoms with E-state index in [1.165, 1.54) is 17.7 Å². The Kier molecular flexibility index (Phi) is 7.25. The highest BCUT2D eigenvalue weighted by atomic mass is 32.2. The SMILES string of the molecule is CN(C)C(=O)NCCNS(=O)(=O)CCC1CCCCN1. The molecule has 1 atom stereocenters. The van der Waals surface area contributed by atoms with E-state index in [1.807, 2.05) is 0 Å². The van der Waals surface area contributed by atoms with Crippen LogP contribution in [0.1, 0.15) is 25.7 Å². The van der Waals surface area contributed by atoms with Crippen LogP contribution < -0.4 is 15.4 Å². The number of hydrogen-bond acceptors (Lipinski definition) is 4. The van der Waals surface area contributed by atoms with Gasteiger partial charge in [-0.2, -0.15) is 0 Å². The summed E-state index contributed by atoms with van der Waals surface area (Å²) >= 11 is 0. The molecule has 0 radical (unpaired) electrons. The smallest absolute Gasteiger partial charge is 0.316 e. The highest BCUT2D eigenvalue weighted by molar-refractivity contribution is 7.89. The number of piperidine rings is 1. The molecule has 2 amide bonds. The second-order valence-electron chi connectivity index (χ2n) is 5.28. The van der Waals surface area contributed by atoms with Crippen LogP contribution in [-0.2, 0) is 10.0 Å². The summed E-state index contributed by atoms with van der Waals surface area (Å²) in [5, 5.41) is 5.94. The van der Waals surface area contributed by atoms with Gasteiger partial charge in [-0.15, -0.1) is 0 Å². The molecule has 0 bridgehead atoms. The van der Waals surface area contributed by atoms with Crippen LogP contribution in [0.4, 0.5) is 4.79 Å². The number of rotatable bonds is 7. The van der Waals surface area contributed by atoms with Gasteiger partial charge in [-0.3, -0.25) is 0 Å². The molecule has 0 spiro atoms. The van der Waals surface area contributed by atoms with Crippen molar-refractivity contribution in [3.63, 3.8) is 0 Å². The fraction of sp³-hybridized carbons (Fsp3) is 0.917. The van der Waals surface area contributed by atoms with Gasteiger partial charge < -0.3 is 15.5 Å². The fourth-order valence-electron chi connectivity index (χ4n) is 2.07. The summed E-state index contributed by atoms with van der Waals surface area (Å²) in [5.74, 6) is 0.131. The Bertz CT molecular complexity index is 392. The van der Waals surface area contributed by atoms with Crippen molar-refractivity contribution in [1.29, 1.82) is 0 Å². The van der Waals surface area contributed by atoms with Gasteiger partial charge in [0.15, 0.2) is 0 Å². The average molecular weight is 306 g/mol. The van der Waals surface area contributed by atoms with E-state index >= 15 is 0 Å². The first kappa shape index (κ1) is 17.2. The molecule has 7 nitrogen and oxygen atoms in total. The first-order valence-electron chi connectivity index (χ1n) is 7.06. The molecule has 1 rings (SSSR count). The zero-order valence-corrected chi connectivity index (χ0v) is 13.1. The first-order valence-corrected chi connectivity index (χ1v) is 8.72. The standard InChI is InChI=1S/C12H26N4O3S/c1-16(2)12(17)14-8-9-15-20(18,19)10-6-11-5-3-4-7-13-11/h11,13,15H,3-10H2,1-2H3,(H,14,17). The summed E-state index contributed by atoms with van der Waals surface area (Å²) in [4.78, 5) is 12.6. The molecule has 3 N–H and O–H groups in total. The van der Waals surface area contributed by atoms with Crippen molar-refractivity contribution < 1.29 is 13.2 Å². The predicted molar refractivity (Wildman–Crippen MR) is 79.1 cm³/mol. The van der Waals surface area contributed by atoms with Crippen molar-refractivity contribution in [1.82, 2.24) is 20.3 Å². The topological polar surface area (TPSA) is 90.5 Å². The third-order valence-electron chi connectivity index (χ3n) is 3.28. The number of nitrogens with one attached hydrogen (secondary N) is 3. The number of urea groups is 1. The fourth-order valence-corrected chi connectivity index (χ4v) is 3.23. The van der Waals surface area contributed by atoms with Gasteiger partial charge in [0.05, 0.1) is 5.75 Å². The van der Waals surface area contributed by atoms with E-state index in [0.717, 1.165) is 13.0 Å². The van der Waals surface area contributed by atoms with Gasteiger partial charge in [-0.1, -0.05) is 6.42 Å². The molecule has 1 saturated heterocycles. The molecule has 1 aliphatic rings. The van der Waals surface area contributed by atoms with Crippen molar-refractivity contribution in [2.45, 2.75) is 31.7 Å². The molecule has 118 valence electrons. The Morgan fingerprint density at radius 3 is 2.65 bits per heavy atom. The minimum absolute atomic E-state index is 0.131. The highest BCUT2D eigenvalue weighted by Crippen LogP contribution is 2.10. The molecule has 0 aromatic heterocycles. The molecule has 0 saturated carbocycles. The molecule has 0 aliphatic carbocycles. The zero-order valence-electron chi connectivity index (χ0n) is 12.3. The summed E-state index contributed by atoms with van der Waals surface area (Å²) in [6, 6.07) is 0.0874. The monoisotopic (exact) mass is 306 g/mol. The second-order valence-corrected chi connectivity index (χ2v) is 7.20. The Balaban J connectivity index is 2.16. The number of hydrogen-bond donors (Lipinski definition) is 3. The largest absolute Gasteiger partial charge is 0.337 e. The molecule has 1 aliphatic heterocycles. The van der Waals surface area contributed by atoms with Gasteiger partial charge >= 0.3 is 6.03 Å². The van der Waals surface area contributed by atoms with Crippen LogP contribution in [0.2, 0.25) is 0 Å². The number of carbonyl (C=O) groups excluding carboxylic acids is 1. The first-order chi connectivity index (χ1) is 9.41. The lowest BCUT2D eigenvalue weighted by Gasteiger charge is -2.23. The second kappa shape index (κ2) is 8.43. The third kappa shape index (κ3) is 7.06. The average Bonchev–Trinajstić information content (AvgIpc) is 2.42. The van der Waals surface area contributed by atoms with Gasteiger partial charge in [-0.25, -0.2) is 17.9 Å². The zero-order chi connectivity index (χ0) is 15.0. The number of carbonyl (C=O) groups is 1. The number of sulfonamides is 1. The molecule has 1 heterocycles. The predicted octanol–water partition coefficient (Wildman–Crippen LogP) is -0.291. The van der Waals surface area contributed by atoms with E-state index in [9.17, 15) is 13.2 Å². The lowest BCUT2D eigenvalue weighted by atomic mass is 10.0. The van der Waals surface area contributed by atoms with E-state index in [4.69, 9.17) is 0 Å². The molecule has 20 heavy (non-hydrogen) atoms. The highest BCUT2D eigenvalue weighted by Gasteiger charge is 2.17. The lowest BCUT2D eigenvalue weighted by Crippen LogP contribution is -2.41. The molecule has 0 aromatic carbocycles. The van der Waals surface area contributed by atoms with Crippen LogP contribution in [0.25, 0.3) is 0 Å². The normalized spacial score (nSPS) is 19.6. The van der Waals surface area contributed by atoms with Crippen molar-refractivity contribution in [3.05, 3.63) is 0 Å². The molecule has 1 unspecified atom stereocenters. The Morgan fingerprint density at radius 1 is 1.30 bits per heavy atom. The van der Waals surface area contributed by atoms with Crippen LogP contribution in [0.5, 0.6) is 0 Å². The van der Waals surface area contributed by atoms with Crippen molar-refractivity contribution in [3.8, 4) is 0 Å². The van der Waals surface area contributed by atoms with Crippen LogP contribution in [0.3, 0.4) is 0 Å². The van der Waals surface area contributed by atoms with Gasteiger partial charge in [-0.05, 0) is 25.8 Å². The van der Waals surface area contributed by atoms with Crippen LogP contribution in [-0.4, -0.2) is 64.9 Å². The number of nitrogens with zero attached hydrogens (tertiary/aromatic N) is 1. The molecule has 0 aromatic rings.